The molecule has 5 nitrogen and oxygen atoms in total. The van der Waals surface area contributed by atoms with Crippen LogP contribution in [0.5, 0.6) is 0 Å². The Morgan fingerprint density at radius 2 is 1.81 bits per heavy atom. The Balaban J connectivity index is 1.36. The van der Waals surface area contributed by atoms with Gasteiger partial charge in [-0.15, -0.1) is 11.3 Å². The van der Waals surface area contributed by atoms with Crippen LogP contribution >= 0.6 is 11.3 Å². The Labute approximate surface area is 159 Å². The summed E-state index contributed by atoms with van der Waals surface area (Å²) in [4.78, 5) is 22.5. The first-order valence-electron chi connectivity index (χ1n) is 8.46. The van der Waals surface area contributed by atoms with Crippen molar-refractivity contribution >= 4 is 38.8 Å². The van der Waals surface area contributed by atoms with Crippen molar-refractivity contribution in [3.8, 4) is 11.3 Å². The van der Waals surface area contributed by atoms with Crippen molar-refractivity contribution < 1.29 is 4.79 Å². The fourth-order valence-corrected chi connectivity index (χ4v) is 3.68. The van der Waals surface area contributed by atoms with Crippen molar-refractivity contribution in [3.63, 3.8) is 0 Å². The van der Waals surface area contributed by atoms with Gasteiger partial charge in [-0.1, -0.05) is 36.4 Å². The molecule has 6 heteroatoms. The van der Waals surface area contributed by atoms with Gasteiger partial charge in [0.25, 0.3) is 5.91 Å². The molecule has 27 heavy (non-hydrogen) atoms. The van der Waals surface area contributed by atoms with Crippen LogP contribution < -0.4 is 5.32 Å². The maximum absolute atomic E-state index is 12.5. The van der Waals surface area contributed by atoms with Crippen molar-refractivity contribution in [2.45, 2.75) is 0 Å². The maximum atomic E-state index is 12.5. The van der Waals surface area contributed by atoms with E-state index in [9.17, 15) is 4.79 Å². The highest BCUT2D eigenvalue weighted by molar-refractivity contribution is 7.15. The first kappa shape index (κ1) is 15.7. The lowest BCUT2D eigenvalue weighted by Gasteiger charge is -2.06. The van der Waals surface area contributed by atoms with Crippen LogP contribution in [0.3, 0.4) is 0 Å². The zero-order chi connectivity index (χ0) is 18.2. The van der Waals surface area contributed by atoms with Gasteiger partial charge in [0.05, 0.1) is 11.2 Å². The molecular weight excluding hydrogens is 356 g/mol. The lowest BCUT2D eigenvalue weighted by molar-refractivity contribution is 0.102. The second-order valence-electron chi connectivity index (χ2n) is 6.14. The molecule has 0 bridgehead atoms. The molecular formula is C21H14N4OS. The standard InChI is InChI=1S/C21H14N4OS/c26-20(18-10-7-14-3-1-2-4-17(14)23-18)22-16-8-5-15(6-9-16)19-13-25-11-12-27-21(25)24-19/h1-13H,(H,22,26). The fourth-order valence-electron chi connectivity index (χ4n) is 2.98. The number of benzene rings is 2. The number of hydrogen-bond donors (Lipinski definition) is 1. The number of para-hydroxylation sites is 1. The molecule has 3 aromatic heterocycles. The van der Waals surface area contributed by atoms with Crippen LogP contribution in [0.25, 0.3) is 27.1 Å². The topological polar surface area (TPSA) is 59.3 Å². The van der Waals surface area contributed by atoms with Gasteiger partial charge >= 0.3 is 0 Å². The Morgan fingerprint density at radius 1 is 0.963 bits per heavy atom. The molecule has 0 radical (unpaired) electrons. The molecule has 0 aliphatic heterocycles. The molecule has 5 aromatic rings. The number of thiazole rings is 1. The predicted molar refractivity (Wildman–Crippen MR) is 108 cm³/mol. The van der Waals surface area contributed by atoms with E-state index in [1.165, 1.54) is 0 Å². The Bertz CT molecular complexity index is 1240. The number of hydrogen-bond acceptors (Lipinski definition) is 4. The molecule has 0 spiro atoms. The van der Waals surface area contributed by atoms with Crippen molar-refractivity contribution in [2.75, 3.05) is 5.32 Å². The molecule has 130 valence electrons. The van der Waals surface area contributed by atoms with Gasteiger partial charge in [0.15, 0.2) is 4.96 Å². The molecule has 0 unspecified atom stereocenters. The number of carbonyl (C=O) groups excluding carboxylic acids is 1. The summed E-state index contributed by atoms with van der Waals surface area (Å²) in [7, 11) is 0. The number of nitrogens with one attached hydrogen (secondary N) is 1. The molecule has 2 aromatic carbocycles. The first-order chi connectivity index (χ1) is 13.3. The van der Waals surface area contributed by atoms with E-state index in [-0.39, 0.29) is 5.91 Å². The van der Waals surface area contributed by atoms with Crippen LogP contribution in [0, 0.1) is 0 Å². The summed E-state index contributed by atoms with van der Waals surface area (Å²) in [6.07, 6.45) is 3.99. The fraction of sp³-hybridized carbons (Fsp3) is 0. The second kappa shape index (κ2) is 6.34. The van der Waals surface area contributed by atoms with E-state index in [1.54, 1.807) is 17.4 Å². The van der Waals surface area contributed by atoms with Gasteiger partial charge in [-0.3, -0.25) is 9.20 Å². The highest BCUT2D eigenvalue weighted by Crippen LogP contribution is 2.23. The highest BCUT2D eigenvalue weighted by atomic mass is 32.1. The molecule has 0 fully saturated rings. The molecule has 3 heterocycles. The van der Waals surface area contributed by atoms with E-state index in [2.05, 4.69) is 15.3 Å². The normalized spacial score (nSPS) is 11.1. The molecule has 5 rings (SSSR count). The number of amides is 1. The van der Waals surface area contributed by atoms with Gasteiger partial charge in [0, 0.05) is 34.4 Å². The number of aromatic nitrogens is 3. The molecule has 0 aliphatic carbocycles. The predicted octanol–water partition coefficient (Wildman–Crippen LogP) is 4.86. The zero-order valence-electron chi connectivity index (χ0n) is 14.2. The minimum Gasteiger partial charge on any atom is -0.321 e. The van der Waals surface area contributed by atoms with Gasteiger partial charge in [-0.25, -0.2) is 9.97 Å². The number of fused-ring (bicyclic) bond motifs is 2. The number of nitrogens with zero attached hydrogens (tertiary/aromatic N) is 3. The summed E-state index contributed by atoms with van der Waals surface area (Å²) in [5.74, 6) is -0.226. The lowest BCUT2D eigenvalue weighted by Crippen LogP contribution is -2.13. The van der Waals surface area contributed by atoms with E-state index in [1.807, 2.05) is 76.8 Å². The monoisotopic (exact) mass is 370 g/mol. The van der Waals surface area contributed by atoms with Gasteiger partial charge in [0.1, 0.15) is 5.69 Å². The molecule has 0 saturated heterocycles. The Morgan fingerprint density at radius 3 is 2.67 bits per heavy atom. The van der Waals surface area contributed by atoms with Crippen molar-refractivity contribution in [3.05, 3.63) is 84.1 Å². The quantitative estimate of drug-likeness (QED) is 0.493. The van der Waals surface area contributed by atoms with Crippen LogP contribution in [0.15, 0.2) is 78.4 Å². The van der Waals surface area contributed by atoms with Crippen LogP contribution in [0.1, 0.15) is 10.5 Å². The smallest absolute Gasteiger partial charge is 0.274 e. The van der Waals surface area contributed by atoms with E-state index in [4.69, 9.17) is 0 Å². The van der Waals surface area contributed by atoms with E-state index in [0.29, 0.717) is 5.69 Å². The number of imidazole rings is 1. The summed E-state index contributed by atoms with van der Waals surface area (Å²) in [6, 6.07) is 19.0. The number of anilines is 1. The summed E-state index contributed by atoms with van der Waals surface area (Å²) >= 11 is 1.60. The SMILES string of the molecule is O=C(Nc1ccc(-c2cn3ccsc3n2)cc1)c1ccc2ccccc2n1. The summed E-state index contributed by atoms with van der Waals surface area (Å²) in [5, 5.41) is 5.92. The zero-order valence-corrected chi connectivity index (χ0v) is 15.0. The van der Waals surface area contributed by atoms with Crippen LogP contribution in [0.2, 0.25) is 0 Å². The second-order valence-corrected chi connectivity index (χ2v) is 7.01. The van der Waals surface area contributed by atoms with Crippen molar-refractivity contribution in [1.29, 1.82) is 0 Å². The largest absolute Gasteiger partial charge is 0.321 e. The Kier molecular flexibility index (Phi) is 3.69. The van der Waals surface area contributed by atoms with E-state index < -0.39 is 0 Å². The lowest BCUT2D eigenvalue weighted by atomic mass is 10.1. The summed E-state index contributed by atoms with van der Waals surface area (Å²) in [6.45, 7) is 0. The molecule has 0 saturated carbocycles. The maximum Gasteiger partial charge on any atom is 0.274 e. The average molecular weight is 370 g/mol. The van der Waals surface area contributed by atoms with Crippen LogP contribution in [-0.4, -0.2) is 20.3 Å². The van der Waals surface area contributed by atoms with E-state index in [0.717, 1.165) is 32.8 Å². The van der Waals surface area contributed by atoms with Gasteiger partial charge < -0.3 is 5.32 Å². The number of pyridine rings is 1. The molecule has 1 amide bonds. The summed E-state index contributed by atoms with van der Waals surface area (Å²) < 4.78 is 2.00. The minimum absolute atomic E-state index is 0.226. The molecule has 0 aliphatic rings. The Hall–Kier alpha value is -3.51. The molecule has 0 atom stereocenters. The van der Waals surface area contributed by atoms with E-state index >= 15 is 0 Å². The number of rotatable bonds is 3. The third-order valence-electron chi connectivity index (χ3n) is 4.36. The third-order valence-corrected chi connectivity index (χ3v) is 5.13. The first-order valence-corrected chi connectivity index (χ1v) is 9.34. The van der Waals surface area contributed by atoms with Gasteiger partial charge in [0.2, 0.25) is 0 Å². The van der Waals surface area contributed by atoms with Crippen LogP contribution in [-0.2, 0) is 0 Å². The average Bonchev–Trinajstić information content (AvgIpc) is 3.30. The van der Waals surface area contributed by atoms with Gasteiger partial charge in [-0.2, -0.15) is 0 Å². The number of carbonyl (C=O) groups is 1. The van der Waals surface area contributed by atoms with Crippen molar-refractivity contribution in [2.24, 2.45) is 0 Å². The minimum atomic E-state index is -0.226. The molecule has 1 N–H and O–H groups in total. The highest BCUT2D eigenvalue weighted by Gasteiger charge is 2.10. The summed E-state index contributed by atoms with van der Waals surface area (Å²) in [5.41, 5.74) is 3.84. The van der Waals surface area contributed by atoms with Crippen molar-refractivity contribution in [1.82, 2.24) is 14.4 Å². The third kappa shape index (κ3) is 2.96. The van der Waals surface area contributed by atoms with Crippen LogP contribution in [0.4, 0.5) is 5.69 Å². The van der Waals surface area contributed by atoms with Gasteiger partial charge in [-0.05, 0) is 24.3 Å².